The smallest absolute Gasteiger partial charge is 0.110 e. The summed E-state index contributed by atoms with van der Waals surface area (Å²) < 4.78 is 0. The summed E-state index contributed by atoms with van der Waals surface area (Å²) in [5.74, 6) is 1.85. The summed E-state index contributed by atoms with van der Waals surface area (Å²) in [5, 5.41) is 7.82. The Morgan fingerprint density at radius 3 is 2.55 bits per heavy atom. The second kappa shape index (κ2) is 2.85. The summed E-state index contributed by atoms with van der Waals surface area (Å²) in [5.41, 5.74) is 2.27. The van der Waals surface area contributed by atoms with Crippen LogP contribution >= 0.6 is 8.19 Å². The van der Waals surface area contributed by atoms with Crippen LogP contribution < -0.4 is 0 Å². The Labute approximate surface area is 66.4 Å². The molecule has 1 unspecified atom stereocenters. The van der Waals surface area contributed by atoms with Crippen molar-refractivity contribution >= 4 is 8.19 Å². The second-order valence-corrected chi connectivity index (χ2v) is 3.22. The zero-order valence-electron chi connectivity index (χ0n) is 5.86. The Hall–Kier alpha value is -1.14. The van der Waals surface area contributed by atoms with E-state index in [1.165, 1.54) is 5.56 Å². The first-order chi connectivity index (χ1) is 5.47. The standard InChI is InChI=1S/C8H7N2P/c1-2-4-7(5-3-1)8-10-9-6-11-8/h1-6,11H. The van der Waals surface area contributed by atoms with Gasteiger partial charge in [0, 0.05) is 5.56 Å². The van der Waals surface area contributed by atoms with Gasteiger partial charge in [0.25, 0.3) is 0 Å². The lowest BCUT2D eigenvalue weighted by molar-refractivity contribution is 1.10. The third-order valence-electron chi connectivity index (χ3n) is 1.46. The van der Waals surface area contributed by atoms with Crippen molar-refractivity contribution in [2.45, 2.75) is 0 Å². The Bertz CT molecular complexity index is 315. The van der Waals surface area contributed by atoms with E-state index in [-0.39, 0.29) is 0 Å². The summed E-state index contributed by atoms with van der Waals surface area (Å²) in [6.07, 6.45) is 0. The van der Waals surface area contributed by atoms with Gasteiger partial charge < -0.3 is 0 Å². The van der Waals surface area contributed by atoms with Crippen LogP contribution in [0.1, 0.15) is 0 Å². The van der Waals surface area contributed by atoms with Crippen molar-refractivity contribution in [3.05, 3.63) is 36.3 Å². The maximum Gasteiger partial charge on any atom is 0.110 e. The first-order valence-corrected chi connectivity index (χ1v) is 4.46. The SMILES string of the molecule is c1ccc(-c2nnc[pH]2)cc1. The van der Waals surface area contributed by atoms with Crippen molar-refractivity contribution in [2.75, 3.05) is 0 Å². The molecule has 3 heteroatoms. The van der Waals surface area contributed by atoms with Crippen molar-refractivity contribution in [2.24, 2.45) is 0 Å². The molecule has 1 aromatic heterocycles. The summed E-state index contributed by atoms with van der Waals surface area (Å²) >= 11 is 0. The molecule has 54 valence electrons. The van der Waals surface area contributed by atoms with Crippen LogP contribution in [0.4, 0.5) is 0 Å². The predicted molar refractivity (Wildman–Crippen MR) is 47.0 cm³/mol. The molecule has 0 fully saturated rings. The molecule has 0 amide bonds. The van der Waals surface area contributed by atoms with E-state index in [9.17, 15) is 0 Å². The minimum atomic E-state index is 0.636. The number of rotatable bonds is 1. The van der Waals surface area contributed by atoms with E-state index < -0.39 is 0 Å². The van der Waals surface area contributed by atoms with Crippen molar-refractivity contribution in [1.29, 1.82) is 0 Å². The maximum absolute atomic E-state index is 4.00. The van der Waals surface area contributed by atoms with E-state index in [1.807, 2.05) is 24.1 Å². The van der Waals surface area contributed by atoms with Crippen molar-refractivity contribution in [3.63, 3.8) is 0 Å². The molecule has 2 nitrogen and oxygen atoms in total. The monoisotopic (exact) mass is 162 g/mol. The molecule has 2 aromatic rings. The Balaban J connectivity index is 2.46. The molecule has 2 rings (SSSR count). The summed E-state index contributed by atoms with van der Waals surface area (Å²) in [4.78, 5) is 0. The van der Waals surface area contributed by atoms with Gasteiger partial charge in [0.15, 0.2) is 0 Å². The van der Waals surface area contributed by atoms with Crippen molar-refractivity contribution in [3.8, 4) is 11.0 Å². The van der Waals surface area contributed by atoms with Crippen molar-refractivity contribution < 1.29 is 0 Å². The molecule has 0 saturated carbocycles. The fraction of sp³-hybridized carbons (Fsp3) is 0. The molecular formula is C8H7N2P. The molecule has 0 aliphatic carbocycles. The number of hydrogen-bond acceptors (Lipinski definition) is 2. The topological polar surface area (TPSA) is 25.8 Å². The van der Waals surface area contributed by atoms with Crippen molar-refractivity contribution in [1.82, 2.24) is 10.2 Å². The van der Waals surface area contributed by atoms with E-state index in [2.05, 4.69) is 22.3 Å². The molecule has 0 aliphatic rings. The molecular weight excluding hydrogens is 155 g/mol. The van der Waals surface area contributed by atoms with Crippen LogP contribution in [0.15, 0.2) is 36.3 Å². The molecule has 11 heavy (non-hydrogen) atoms. The maximum atomic E-state index is 4.00. The van der Waals surface area contributed by atoms with Crippen LogP contribution in [-0.4, -0.2) is 10.2 Å². The van der Waals surface area contributed by atoms with Crippen LogP contribution in [0.2, 0.25) is 0 Å². The minimum Gasteiger partial charge on any atom is -0.154 e. The average Bonchev–Trinajstić information content (AvgIpc) is 2.58. The molecule has 1 heterocycles. The third-order valence-corrected chi connectivity index (χ3v) is 2.37. The van der Waals surface area contributed by atoms with Gasteiger partial charge in [-0.1, -0.05) is 38.5 Å². The van der Waals surface area contributed by atoms with Crippen LogP contribution in [0, 0.1) is 0 Å². The third kappa shape index (κ3) is 1.31. The molecule has 1 atom stereocenters. The predicted octanol–water partition coefficient (Wildman–Crippen LogP) is 2.17. The molecule has 0 radical (unpaired) electrons. The Morgan fingerprint density at radius 2 is 1.91 bits per heavy atom. The highest BCUT2D eigenvalue weighted by Crippen LogP contribution is 2.23. The second-order valence-electron chi connectivity index (χ2n) is 2.20. The number of hydrogen-bond donors (Lipinski definition) is 0. The lowest BCUT2D eigenvalue weighted by Crippen LogP contribution is -1.73. The minimum absolute atomic E-state index is 0.636. The Kier molecular flexibility index (Phi) is 1.70. The van der Waals surface area contributed by atoms with Crippen LogP contribution in [0.3, 0.4) is 0 Å². The molecule has 0 saturated heterocycles. The number of nitrogens with zero attached hydrogens (tertiary/aromatic N) is 2. The van der Waals surface area contributed by atoms with E-state index >= 15 is 0 Å². The van der Waals surface area contributed by atoms with E-state index in [1.54, 1.807) is 0 Å². The largest absolute Gasteiger partial charge is 0.154 e. The molecule has 0 N–H and O–H groups in total. The number of benzene rings is 1. The highest BCUT2D eigenvalue weighted by Gasteiger charge is 1.95. The zero-order chi connectivity index (χ0) is 7.52. The normalized spacial score (nSPS) is 10.5. The molecule has 1 aromatic carbocycles. The fourth-order valence-electron chi connectivity index (χ4n) is 0.943. The van der Waals surface area contributed by atoms with E-state index in [0.29, 0.717) is 8.19 Å². The highest BCUT2D eigenvalue weighted by molar-refractivity contribution is 7.32. The van der Waals surface area contributed by atoms with Gasteiger partial charge in [-0.2, -0.15) is 5.10 Å². The zero-order valence-corrected chi connectivity index (χ0v) is 6.86. The first kappa shape index (κ1) is 6.56. The molecule has 0 aliphatic heterocycles. The van der Waals surface area contributed by atoms with Gasteiger partial charge >= 0.3 is 0 Å². The molecule has 0 spiro atoms. The summed E-state index contributed by atoms with van der Waals surface area (Å²) in [6, 6.07) is 10.1. The van der Waals surface area contributed by atoms with E-state index in [4.69, 9.17) is 0 Å². The molecule has 0 bridgehead atoms. The summed E-state index contributed by atoms with van der Waals surface area (Å²) in [7, 11) is 0.636. The quantitative estimate of drug-likeness (QED) is 0.642. The van der Waals surface area contributed by atoms with Gasteiger partial charge in [0.05, 0.1) is 5.93 Å². The van der Waals surface area contributed by atoms with Crippen LogP contribution in [-0.2, 0) is 0 Å². The number of aromatic nitrogens is 2. The lowest BCUT2D eigenvalue weighted by atomic mass is 10.2. The van der Waals surface area contributed by atoms with Crippen LogP contribution in [0.25, 0.3) is 11.0 Å². The van der Waals surface area contributed by atoms with Gasteiger partial charge in [0.2, 0.25) is 0 Å². The Morgan fingerprint density at radius 1 is 1.09 bits per heavy atom. The fourth-order valence-corrected chi connectivity index (χ4v) is 1.63. The van der Waals surface area contributed by atoms with Crippen LogP contribution in [0.5, 0.6) is 0 Å². The first-order valence-electron chi connectivity index (χ1n) is 3.38. The van der Waals surface area contributed by atoms with Gasteiger partial charge in [-0.3, -0.25) is 0 Å². The highest BCUT2D eigenvalue weighted by atomic mass is 31.0. The van der Waals surface area contributed by atoms with Gasteiger partial charge in [-0.15, -0.1) is 5.10 Å². The lowest BCUT2D eigenvalue weighted by Gasteiger charge is -1.91. The van der Waals surface area contributed by atoms with Gasteiger partial charge in [-0.05, 0) is 0 Å². The van der Waals surface area contributed by atoms with Gasteiger partial charge in [0.1, 0.15) is 5.43 Å². The average molecular weight is 162 g/mol. The van der Waals surface area contributed by atoms with Gasteiger partial charge in [-0.25, -0.2) is 0 Å². The summed E-state index contributed by atoms with van der Waals surface area (Å²) in [6.45, 7) is 0. The van der Waals surface area contributed by atoms with E-state index in [0.717, 1.165) is 5.43 Å².